The Balaban J connectivity index is 1.77. The van der Waals surface area contributed by atoms with Gasteiger partial charge in [0.25, 0.3) is 21.6 Å². The summed E-state index contributed by atoms with van der Waals surface area (Å²) in [6.07, 6.45) is 0. The third kappa shape index (κ3) is 4.64. The molecule has 1 amide bonds. The van der Waals surface area contributed by atoms with E-state index in [1.54, 1.807) is 18.2 Å². The number of hydrogen-bond donors (Lipinski definition) is 2. The van der Waals surface area contributed by atoms with Crippen LogP contribution in [0.4, 0.5) is 17.1 Å². The van der Waals surface area contributed by atoms with E-state index in [9.17, 15) is 23.3 Å². The minimum Gasteiger partial charge on any atom is -0.322 e. The molecule has 0 aromatic heterocycles. The summed E-state index contributed by atoms with van der Waals surface area (Å²) in [6, 6.07) is 16.9. The molecule has 2 N–H and O–H groups in total. The fraction of sp³-hybridized carbons (Fsp3) is 0.0952. The van der Waals surface area contributed by atoms with Crippen molar-refractivity contribution >= 4 is 33.0 Å². The number of aryl methyl sites for hydroxylation is 1. The van der Waals surface area contributed by atoms with Crippen molar-refractivity contribution in [3.63, 3.8) is 0 Å². The molecule has 0 spiro atoms. The molecule has 9 heteroatoms. The Bertz CT molecular complexity index is 1220. The summed E-state index contributed by atoms with van der Waals surface area (Å²) in [5.41, 5.74) is 2.01. The minimum atomic E-state index is -3.79. The van der Waals surface area contributed by atoms with Gasteiger partial charge in [-0.2, -0.15) is 0 Å². The van der Waals surface area contributed by atoms with Gasteiger partial charge in [0.05, 0.1) is 9.82 Å². The molecule has 0 fully saturated rings. The first-order chi connectivity index (χ1) is 14.2. The van der Waals surface area contributed by atoms with Gasteiger partial charge in [-0.3, -0.25) is 19.6 Å². The highest BCUT2D eigenvalue weighted by atomic mass is 32.2. The molecule has 0 aliphatic rings. The van der Waals surface area contributed by atoms with Crippen molar-refractivity contribution in [1.29, 1.82) is 0 Å². The number of carbonyl (C=O) groups is 1. The Morgan fingerprint density at radius 1 is 0.933 bits per heavy atom. The lowest BCUT2D eigenvalue weighted by molar-refractivity contribution is -0.385. The fourth-order valence-corrected chi connectivity index (χ4v) is 3.96. The molecule has 3 rings (SSSR count). The van der Waals surface area contributed by atoms with Crippen LogP contribution < -0.4 is 10.0 Å². The van der Waals surface area contributed by atoms with Gasteiger partial charge < -0.3 is 5.32 Å². The van der Waals surface area contributed by atoms with Crippen LogP contribution in [-0.4, -0.2) is 19.2 Å². The second-order valence-electron chi connectivity index (χ2n) is 6.66. The number of nitro groups is 1. The molecule has 0 atom stereocenters. The molecule has 0 radical (unpaired) electrons. The molecule has 154 valence electrons. The van der Waals surface area contributed by atoms with Crippen molar-refractivity contribution < 1.29 is 18.1 Å². The highest BCUT2D eigenvalue weighted by Crippen LogP contribution is 2.23. The first-order valence-corrected chi connectivity index (χ1v) is 10.4. The van der Waals surface area contributed by atoms with Crippen molar-refractivity contribution in [2.24, 2.45) is 0 Å². The zero-order chi connectivity index (χ0) is 21.9. The Morgan fingerprint density at radius 2 is 1.60 bits per heavy atom. The van der Waals surface area contributed by atoms with E-state index < -0.39 is 20.9 Å². The summed E-state index contributed by atoms with van der Waals surface area (Å²) in [5.74, 6) is -0.523. The minimum absolute atomic E-state index is 0.0357. The van der Waals surface area contributed by atoms with Gasteiger partial charge in [0.2, 0.25) is 0 Å². The molecule has 8 nitrogen and oxygen atoms in total. The zero-order valence-corrected chi connectivity index (χ0v) is 17.1. The van der Waals surface area contributed by atoms with Gasteiger partial charge in [-0.15, -0.1) is 0 Å². The first kappa shape index (κ1) is 21.0. The van der Waals surface area contributed by atoms with E-state index in [2.05, 4.69) is 10.0 Å². The van der Waals surface area contributed by atoms with Crippen molar-refractivity contribution in [2.45, 2.75) is 18.7 Å². The van der Waals surface area contributed by atoms with E-state index in [1.807, 2.05) is 13.0 Å². The van der Waals surface area contributed by atoms with Gasteiger partial charge in [0, 0.05) is 28.6 Å². The summed E-state index contributed by atoms with van der Waals surface area (Å²) >= 11 is 0. The number of hydrogen-bond acceptors (Lipinski definition) is 5. The number of carbonyl (C=O) groups excluding carboxylic acids is 1. The number of rotatable bonds is 6. The van der Waals surface area contributed by atoms with Crippen LogP contribution in [0.5, 0.6) is 0 Å². The summed E-state index contributed by atoms with van der Waals surface area (Å²) in [5, 5.41) is 13.7. The van der Waals surface area contributed by atoms with E-state index in [-0.39, 0.29) is 21.7 Å². The lowest BCUT2D eigenvalue weighted by Crippen LogP contribution is -2.15. The van der Waals surface area contributed by atoms with Crippen LogP contribution in [0.15, 0.2) is 71.6 Å². The number of benzene rings is 3. The molecule has 3 aromatic rings. The monoisotopic (exact) mass is 425 g/mol. The molecule has 0 bridgehead atoms. The quantitative estimate of drug-likeness (QED) is 0.452. The van der Waals surface area contributed by atoms with E-state index in [0.29, 0.717) is 11.4 Å². The van der Waals surface area contributed by atoms with Crippen molar-refractivity contribution in [1.82, 2.24) is 0 Å². The highest BCUT2D eigenvalue weighted by Gasteiger charge is 2.19. The first-order valence-electron chi connectivity index (χ1n) is 8.92. The molecular weight excluding hydrogens is 406 g/mol. The van der Waals surface area contributed by atoms with Gasteiger partial charge in [0.1, 0.15) is 0 Å². The Morgan fingerprint density at radius 3 is 2.23 bits per heavy atom. The van der Waals surface area contributed by atoms with Crippen LogP contribution in [0.1, 0.15) is 21.5 Å². The van der Waals surface area contributed by atoms with Crippen LogP contribution in [0, 0.1) is 24.0 Å². The second-order valence-corrected chi connectivity index (χ2v) is 8.34. The van der Waals surface area contributed by atoms with Crippen LogP contribution in [0.3, 0.4) is 0 Å². The third-order valence-electron chi connectivity index (χ3n) is 4.44. The zero-order valence-electron chi connectivity index (χ0n) is 16.2. The number of nitro benzene ring substituents is 1. The summed E-state index contributed by atoms with van der Waals surface area (Å²) in [7, 11) is -3.79. The number of amides is 1. The van der Waals surface area contributed by atoms with Crippen molar-refractivity contribution in [2.75, 3.05) is 10.0 Å². The smallest absolute Gasteiger partial charge is 0.273 e. The average molecular weight is 425 g/mol. The van der Waals surface area contributed by atoms with E-state index in [1.165, 1.54) is 49.4 Å². The van der Waals surface area contributed by atoms with Crippen LogP contribution in [-0.2, 0) is 10.0 Å². The second kappa shape index (κ2) is 8.34. The average Bonchev–Trinajstić information content (AvgIpc) is 2.68. The fourth-order valence-electron chi connectivity index (χ4n) is 2.91. The van der Waals surface area contributed by atoms with Crippen LogP contribution in [0.25, 0.3) is 0 Å². The Hall–Kier alpha value is -3.72. The molecule has 0 saturated carbocycles. The van der Waals surface area contributed by atoms with Gasteiger partial charge in [-0.1, -0.05) is 18.2 Å². The van der Waals surface area contributed by atoms with Crippen molar-refractivity contribution in [3.8, 4) is 0 Å². The van der Waals surface area contributed by atoms with Gasteiger partial charge in [-0.05, 0) is 61.9 Å². The van der Waals surface area contributed by atoms with E-state index >= 15 is 0 Å². The molecule has 0 aliphatic heterocycles. The van der Waals surface area contributed by atoms with Gasteiger partial charge in [0.15, 0.2) is 0 Å². The predicted molar refractivity (Wildman–Crippen MR) is 114 cm³/mol. The molecular formula is C21H19N3O5S. The van der Waals surface area contributed by atoms with Crippen LogP contribution in [0.2, 0.25) is 0 Å². The molecule has 30 heavy (non-hydrogen) atoms. The summed E-state index contributed by atoms with van der Waals surface area (Å²) < 4.78 is 27.6. The topological polar surface area (TPSA) is 118 Å². The maximum Gasteiger partial charge on any atom is 0.273 e. The maximum atomic E-state index is 12.6. The summed E-state index contributed by atoms with van der Waals surface area (Å²) in [4.78, 5) is 23.0. The lowest BCUT2D eigenvalue weighted by atomic mass is 10.1. The number of nitrogens with one attached hydrogen (secondary N) is 2. The highest BCUT2D eigenvalue weighted by molar-refractivity contribution is 7.92. The molecule has 0 aliphatic carbocycles. The maximum absolute atomic E-state index is 12.6. The lowest BCUT2D eigenvalue weighted by Gasteiger charge is -2.11. The van der Waals surface area contributed by atoms with Gasteiger partial charge in [-0.25, -0.2) is 8.42 Å². The molecule has 0 heterocycles. The SMILES string of the molecule is Cc1cccc(NS(=O)(=O)c2ccc(NC(=O)c3cccc([N+](=O)[O-])c3C)cc2)c1. The molecule has 0 saturated heterocycles. The normalized spacial score (nSPS) is 11.0. The Labute approximate surface area is 173 Å². The standard InChI is InChI=1S/C21H19N3O5S/c1-14-5-3-6-17(13-14)23-30(28,29)18-11-9-16(10-12-18)22-21(25)19-7-4-8-20(15(19)2)24(26)27/h3-13,23H,1-2H3,(H,22,25). The Kier molecular flexibility index (Phi) is 5.84. The third-order valence-corrected chi connectivity index (χ3v) is 5.84. The molecule has 3 aromatic carbocycles. The van der Waals surface area contributed by atoms with Crippen molar-refractivity contribution in [3.05, 3.63) is 93.5 Å². The van der Waals surface area contributed by atoms with Crippen LogP contribution >= 0.6 is 0 Å². The summed E-state index contributed by atoms with van der Waals surface area (Å²) in [6.45, 7) is 3.36. The van der Waals surface area contributed by atoms with Gasteiger partial charge >= 0.3 is 0 Å². The number of nitrogens with zero attached hydrogens (tertiary/aromatic N) is 1. The van der Waals surface area contributed by atoms with E-state index in [4.69, 9.17) is 0 Å². The predicted octanol–water partition coefficient (Wildman–Crippen LogP) is 4.26. The number of anilines is 2. The largest absolute Gasteiger partial charge is 0.322 e. The van der Waals surface area contributed by atoms with E-state index in [0.717, 1.165) is 5.56 Å². The number of sulfonamides is 1. The molecule has 0 unspecified atom stereocenters.